The van der Waals surface area contributed by atoms with Gasteiger partial charge in [-0.3, -0.25) is 10.1 Å². The van der Waals surface area contributed by atoms with Crippen molar-refractivity contribution in [1.29, 1.82) is 0 Å². The molecule has 0 aliphatic heterocycles. The van der Waals surface area contributed by atoms with Gasteiger partial charge in [-0.25, -0.2) is 0 Å². The molecular formula is C17H18ClN5O. The number of halogens is 1. The number of carbonyl (C=O) groups excluding carboxylic acids is 1. The van der Waals surface area contributed by atoms with Crippen LogP contribution in [0.1, 0.15) is 32.1 Å². The molecule has 3 aromatic rings. The van der Waals surface area contributed by atoms with Crippen molar-refractivity contribution in [3.05, 3.63) is 23.2 Å². The first kappa shape index (κ1) is 15.3. The van der Waals surface area contributed by atoms with E-state index in [1.807, 2.05) is 29.8 Å². The van der Waals surface area contributed by atoms with Crippen LogP contribution in [-0.4, -0.2) is 25.7 Å². The van der Waals surface area contributed by atoms with E-state index in [1.54, 1.807) is 0 Å². The molecule has 0 saturated heterocycles. The van der Waals surface area contributed by atoms with E-state index in [4.69, 9.17) is 11.6 Å². The SMILES string of the molecule is Cn1c2ccc(Cl)cc2c2nnc(NC(=O)C3CCCCC3)nc21. The van der Waals surface area contributed by atoms with Gasteiger partial charge >= 0.3 is 0 Å². The normalized spacial score (nSPS) is 15.9. The number of benzene rings is 1. The van der Waals surface area contributed by atoms with Crippen molar-refractivity contribution in [2.45, 2.75) is 32.1 Å². The molecule has 0 atom stereocenters. The van der Waals surface area contributed by atoms with Crippen LogP contribution in [0.3, 0.4) is 0 Å². The highest BCUT2D eigenvalue weighted by Gasteiger charge is 2.22. The topological polar surface area (TPSA) is 72.7 Å². The average molecular weight is 344 g/mol. The molecule has 2 aromatic heterocycles. The zero-order valence-corrected chi connectivity index (χ0v) is 14.2. The monoisotopic (exact) mass is 343 g/mol. The number of fused-ring (bicyclic) bond motifs is 3. The first-order chi connectivity index (χ1) is 11.6. The van der Waals surface area contributed by atoms with Crippen molar-refractivity contribution in [2.75, 3.05) is 5.32 Å². The third-order valence-corrected chi connectivity index (χ3v) is 5.01. The molecule has 0 spiro atoms. The Morgan fingerprint density at radius 3 is 2.83 bits per heavy atom. The van der Waals surface area contributed by atoms with Crippen LogP contribution in [0.15, 0.2) is 18.2 Å². The summed E-state index contributed by atoms with van der Waals surface area (Å²) in [4.78, 5) is 16.9. The number of rotatable bonds is 2. The highest BCUT2D eigenvalue weighted by molar-refractivity contribution is 6.31. The summed E-state index contributed by atoms with van der Waals surface area (Å²) in [5.74, 6) is 0.317. The van der Waals surface area contributed by atoms with Crippen LogP contribution in [-0.2, 0) is 11.8 Å². The van der Waals surface area contributed by atoms with E-state index in [-0.39, 0.29) is 17.8 Å². The lowest BCUT2D eigenvalue weighted by molar-refractivity contribution is -0.120. The van der Waals surface area contributed by atoms with Crippen molar-refractivity contribution in [2.24, 2.45) is 13.0 Å². The number of hydrogen-bond acceptors (Lipinski definition) is 4. The van der Waals surface area contributed by atoms with Crippen LogP contribution in [0.5, 0.6) is 0 Å². The molecule has 4 rings (SSSR count). The van der Waals surface area contributed by atoms with Crippen molar-refractivity contribution < 1.29 is 4.79 Å². The molecular weight excluding hydrogens is 326 g/mol. The van der Waals surface area contributed by atoms with Gasteiger partial charge in [0, 0.05) is 23.4 Å². The second-order valence-electron chi connectivity index (χ2n) is 6.35. The van der Waals surface area contributed by atoms with E-state index in [9.17, 15) is 4.79 Å². The predicted octanol–water partition coefficient (Wildman–Crippen LogP) is 3.69. The van der Waals surface area contributed by atoms with Gasteiger partial charge in [-0.2, -0.15) is 4.98 Å². The first-order valence-corrected chi connectivity index (χ1v) is 8.60. The lowest BCUT2D eigenvalue weighted by atomic mass is 9.89. The van der Waals surface area contributed by atoms with E-state index >= 15 is 0 Å². The zero-order valence-electron chi connectivity index (χ0n) is 13.4. The third kappa shape index (κ3) is 2.60. The summed E-state index contributed by atoms with van der Waals surface area (Å²) in [7, 11) is 1.92. The van der Waals surface area contributed by atoms with E-state index in [2.05, 4.69) is 20.5 Å². The lowest BCUT2D eigenvalue weighted by Gasteiger charge is -2.19. The minimum absolute atomic E-state index is 0.00217. The summed E-state index contributed by atoms with van der Waals surface area (Å²) in [5.41, 5.74) is 2.35. The molecule has 1 saturated carbocycles. The Morgan fingerprint density at radius 1 is 1.25 bits per heavy atom. The Hall–Kier alpha value is -2.21. The highest BCUT2D eigenvalue weighted by Crippen LogP contribution is 2.28. The van der Waals surface area contributed by atoms with Crippen molar-refractivity contribution in [1.82, 2.24) is 19.7 Å². The van der Waals surface area contributed by atoms with E-state index in [0.717, 1.165) is 36.6 Å². The van der Waals surface area contributed by atoms with Crippen LogP contribution in [0.4, 0.5) is 5.95 Å². The maximum Gasteiger partial charge on any atom is 0.251 e. The molecule has 1 aromatic carbocycles. The number of anilines is 1. The number of amides is 1. The van der Waals surface area contributed by atoms with Crippen LogP contribution in [0, 0.1) is 5.92 Å². The van der Waals surface area contributed by atoms with Crippen LogP contribution in [0.25, 0.3) is 22.1 Å². The Balaban J connectivity index is 1.69. The first-order valence-electron chi connectivity index (χ1n) is 8.23. The van der Waals surface area contributed by atoms with Gasteiger partial charge in [0.15, 0.2) is 5.65 Å². The fourth-order valence-electron chi connectivity index (χ4n) is 3.46. The molecule has 24 heavy (non-hydrogen) atoms. The summed E-state index contributed by atoms with van der Waals surface area (Å²) < 4.78 is 1.94. The van der Waals surface area contributed by atoms with E-state index in [0.29, 0.717) is 16.2 Å². The Kier molecular flexibility index (Phi) is 3.84. The van der Waals surface area contributed by atoms with Gasteiger partial charge in [0.25, 0.3) is 5.95 Å². The molecule has 1 aliphatic rings. The van der Waals surface area contributed by atoms with Gasteiger partial charge in [-0.05, 0) is 31.0 Å². The van der Waals surface area contributed by atoms with Gasteiger partial charge in [-0.1, -0.05) is 30.9 Å². The summed E-state index contributed by atoms with van der Waals surface area (Å²) in [6, 6.07) is 5.62. The lowest BCUT2D eigenvalue weighted by Crippen LogP contribution is -2.25. The van der Waals surface area contributed by atoms with Crippen LogP contribution < -0.4 is 5.32 Å². The van der Waals surface area contributed by atoms with Gasteiger partial charge in [0.2, 0.25) is 5.91 Å². The molecule has 1 amide bonds. The zero-order chi connectivity index (χ0) is 16.7. The van der Waals surface area contributed by atoms with Gasteiger partial charge < -0.3 is 4.57 Å². The molecule has 1 fully saturated rings. The summed E-state index contributed by atoms with van der Waals surface area (Å²) in [5, 5.41) is 12.7. The minimum atomic E-state index is -0.00217. The molecule has 6 nitrogen and oxygen atoms in total. The smallest absolute Gasteiger partial charge is 0.251 e. The van der Waals surface area contributed by atoms with Gasteiger partial charge in [-0.15, -0.1) is 10.2 Å². The second-order valence-corrected chi connectivity index (χ2v) is 6.79. The maximum atomic E-state index is 12.4. The minimum Gasteiger partial charge on any atom is -0.327 e. The fraction of sp³-hybridized carbons (Fsp3) is 0.412. The fourth-order valence-corrected chi connectivity index (χ4v) is 3.63. The molecule has 7 heteroatoms. The summed E-state index contributed by atoms with van der Waals surface area (Å²) in [6.45, 7) is 0. The van der Waals surface area contributed by atoms with Crippen LogP contribution in [0.2, 0.25) is 5.02 Å². The summed E-state index contributed by atoms with van der Waals surface area (Å²) in [6.07, 6.45) is 5.31. The molecule has 0 bridgehead atoms. The molecule has 2 heterocycles. The number of aromatic nitrogens is 4. The summed E-state index contributed by atoms with van der Waals surface area (Å²) >= 11 is 6.08. The Morgan fingerprint density at radius 2 is 2.04 bits per heavy atom. The standard InChI is InChI=1S/C17H18ClN5O/c1-23-13-8-7-11(18)9-12(13)14-15(23)19-17(22-21-14)20-16(24)10-5-3-2-4-6-10/h7-10H,2-6H2,1H3,(H,19,20,22,24). The van der Waals surface area contributed by atoms with Crippen LogP contribution >= 0.6 is 11.6 Å². The third-order valence-electron chi connectivity index (χ3n) is 4.77. The van der Waals surface area contributed by atoms with Crippen molar-refractivity contribution in [3.63, 3.8) is 0 Å². The highest BCUT2D eigenvalue weighted by atomic mass is 35.5. The van der Waals surface area contributed by atoms with Gasteiger partial charge in [0.1, 0.15) is 5.52 Å². The van der Waals surface area contributed by atoms with Gasteiger partial charge in [0.05, 0.1) is 5.52 Å². The quantitative estimate of drug-likeness (QED) is 0.770. The molecule has 1 N–H and O–H groups in total. The average Bonchev–Trinajstić information content (AvgIpc) is 2.87. The largest absolute Gasteiger partial charge is 0.327 e. The molecule has 124 valence electrons. The Labute approximate surface area is 144 Å². The predicted molar refractivity (Wildman–Crippen MR) is 94.0 cm³/mol. The number of hydrogen-bond donors (Lipinski definition) is 1. The maximum absolute atomic E-state index is 12.4. The van der Waals surface area contributed by atoms with E-state index < -0.39 is 0 Å². The molecule has 0 unspecified atom stereocenters. The van der Waals surface area contributed by atoms with E-state index in [1.165, 1.54) is 6.42 Å². The molecule has 1 aliphatic carbocycles. The number of nitrogens with one attached hydrogen (secondary N) is 1. The van der Waals surface area contributed by atoms with Crippen molar-refractivity contribution in [3.8, 4) is 0 Å². The number of aryl methyl sites for hydroxylation is 1. The number of nitrogens with zero attached hydrogens (tertiary/aromatic N) is 4. The second kappa shape index (κ2) is 6.02. The number of carbonyl (C=O) groups is 1. The molecule has 0 radical (unpaired) electrons. The Bertz CT molecular complexity index is 930. The van der Waals surface area contributed by atoms with Crippen molar-refractivity contribution >= 4 is 45.5 Å².